The van der Waals surface area contributed by atoms with E-state index in [1.54, 1.807) is 31.3 Å². The molecule has 1 aliphatic carbocycles. The number of hydrogen-bond acceptors (Lipinski definition) is 3. The molecule has 5 heteroatoms. The molecular formula is C14H19N3O2. The molecule has 1 saturated carbocycles. The van der Waals surface area contributed by atoms with Crippen LogP contribution in [-0.4, -0.2) is 24.9 Å². The van der Waals surface area contributed by atoms with Crippen molar-refractivity contribution in [3.63, 3.8) is 0 Å². The number of amides is 2. The van der Waals surface area contributed by atoms with Crippen LogP contribution in [0.3, 0.4) is 0 Å². The Bertz CT molecular complexity index is 466. The van der Waals surface area contributed by atoms with Crippen LogP contribution < -0.4 is 16.4 Å². The van der Waals surface area contributed by atoms with Crippen LogP contribution in [0, 0.1) is 5.92 Å². The van der Waals surface area contributed by atoms with Crippen molar-refractivity contribution < 1.29 is 9.59 Å². The molecule has 102 valence electrons. The van der Waals surface area contributed by atoms with Gasteiger partial charge in [-0.05, 0) is 43.0 Å². The summed E-state index contributed by atoms with van der Waals surface area (Å²) in [6.45, 7) is 0. The Morgan fingerprint density at radius 1 is 1.32 bits per heavy atom. The molecule has 0 saturated heterocycles. The maximum Gasteiger partial charge on any atom is 0.251 e. The zero-order valence-electron chi connectivity index (χ0n) is 11.0. The predicted octanol–water partition coefficient (Wildman–Crippen LogP) is 1.11. The average Bonchev–Trinajstić information content (AvgIpc) is 3.22. The fourth-order valence-corrected chi connectivity index (χ4v) is 1.97. The van der Waals surface area contributed by atoms with Crippen molar-refractivity contribution in [3.05, 3.63) is 29.8 Å². The summed E-state index contributed by atoms with van der Waals surface area (Å²) in [5.74, 6) is 0.294. The summed E-state index contributed by atoms with van der Waals surface area (Å²) in [5.41, 5.74) is 7.15. The van der Waals surface area contributed by atoms with Gasteiger partial charge in [-0.15, -0.1) is 0 Å². The third-order valence-corrected chi connectivity index (χ3v) is 3.31. The number of rotatable bonds is 5. The van der Waals surface area contributed by atoms with Crippen molar-refractivity contribution in [2.45, 2.75) is 25.3 Å². The molecule has 2 rings (SSSR count). The zero-order valence-corrected chi connectivity index (χ0v) is 11.0. The van der Waals surface area contributed by atoms with Gasteiger partial charge in [-0.3, -0.25) is 9.59 Å². The van der Waals surface area contributed by atoms with Gasteiger partial charge in [-0.25, -0.2) is 0 Å². The lowest BCUT2D eigenvalue weighted by Crippen LogP contribution is -2.28. The Labute approximate surface area is 112 Å². The number of carbonyl (C=O) groups excluding carboxylic acids is 2. The molecule has 1 fully saturated rings. The Morgan fingerprint density at radius 3 is 2.47 bits per heavy atom. The van der Waals surface area contributed by atoms with E-state index in [4.69, 9.17) is 5.73 Å². The van der Waals surface area contributed by atoms with Gasteiger partial charge in [0, 0.05) is 30.8 Å². The van der Waals surface area contributed by atoms with E-state index in [9.17, 15) is 9.59 Å². The van der Waals surface area contributed by atoms with Gasteiger partial charge >= 0.3 is 0 Å². The van der Waals surface area contributed by atoms with Crippen molar-refractivity contribution in [2.24, 2.45) is 11.7 Å². The average molecular weight is 261 g/mol. The smallest absolute Gasteiger partial charge is 0.251 e. The van der Waals surface area contributed by atoms with Gasteiger partial charge in [0.25, 0.3) is 5.91 Å². The van der Waals surface area contributed by atoms with E-state index in [0.717, 1.165) is 12.8 Å². The Hall–Kier alpha value is -1.88. The number of nitrogens with two attached hydrogens (primary N) is 1. The van der Waals surface area contributed by atoms with Gasteiger partial charge in [0.1, 0.15) is 0 Å². The lowest BCUT2D eigenvalue weighted by molar-refractivity contribution is -0.116. The Kier molecular flexibility index (Phi) is 4.16. The summed E-state index contributed by atoms with van der Waals surface area (Å²) in [7, 11) is 1.58. The van der Waals surface area contributed by atoms with Crippen LogP contribution in [0.4, 0.5) is 5.69 Å². The molecule has 0 spiro atoms. The summed E-state index contributed by atoms with van der Waals surface area (Å²) in [6, 6.07) is 6.74. The minimum absolute atomic E-state index is 0.0369. The Balaban J connectivity index is 1.88. The molecule has 0 aliphatic heterocycles. The highest BCUT2D eigenvalue weighted by molar-refractivity contribution is 5.95. The topological polar surface area (TPSA) is 84.2 Å². The molecule has 1 unspecified atom stereocenters. The first-order valence-electron chi connectivity index (χ1n) is 6.47. The zero-order chi connectivity index (χ0) is 13.8. The first-order valence-corrected chi connectivity index (χ1v) is 6.47. The van der Waals surface area contributed by atoms with Crippen molar-refractivity contribution >= 4 is 17.5 Å². The molecule has 19 heavy (non-hydrogen) atoms. The maximum absolute atomic E-state index is 11.8. The first kappa shape index (κ1) is 13.5. The summed E-state index contributed by atoms with van der Waals surface area (Å²) < 4.78 is 0. The van der Waals surface area contributed by atoms with Gasteiger partial charge in [0.2, 0.25) is 5.91 Å². The van der Waals surface area contributed by atoms with E-state index < -0.39 is 0 Å². The minimum Gasteiger partial charge on any atom is -0.355 e. The van der Waals surface area contributed by atoms with E-state index >= 15 is 0 Å². The fraction of sp³-hybridized carbons (Fsp3) is 0.429. The second-order valence-corrected chi connectivity index (χ2v) is 4.91. The molecule has 0 aromatic heterocycles. The highest BCUT2D eigenvalue weighted by Gasteiger charge is 2.29. The van der Waals surface area contributed by atoms with Crippen molar-refractivity contribution in [1.29, 1.82) is 0 Å². The molecule has 2 amide bonds. The van der Waals surface area contributed by atoms with Crippen molar-refractivity contribution in [2.75, 3.05) is 12.4 Å². The van der Waals surface area contributed by atoms with E-state index in [1.807, 2.05) is 0 Å². The lowest BCUT2D eigenvalue weighted by Gasteiger charge is -2.10. The van der Waals surface area contributed by atoms with Gasteiger partial charge < -0.3 is 16.4 Å². The number of hydrogen-bond donors (Lipinski definition) is 3. The second kappa shape index (κ2) is 5.84. The largest absolute Gasteiger partial charge is 0.355 e. The summed E-state index contributed by atoms with van der Waals surface area (Å²) >= 11 is 0. The molecule has 0 heterocycles. The molecule has 4 N–H and O–H groups in total. The second-order valence-electron chi connectivity index (χ2n) is 4.91. The van der Waals surface area contributed by atoms with Crippen LogP contribution in [0.2, 0.25) is 0 Å². The van der Waals surface area contributed by atoms with Crippen LogP contribution in [-0.2, 0) is 4.79 Å². The van der Waals surface area contributed by atoms with Gasteiger partial charge in [0.05, 0.1) is 0 Å². The lowest BCUT2D eigenvalue weighted by atomic mass is 10.1. The SMILES string of the molecule is CNC(=O)c1ccc(NC(=O)CC(N)C2CC2)cc1. The van der Waals surface area contributed by atoms with E-state index in [2.05, 4.69) is 10.6 Å². The summed E-state index contributed by atoms with van der Waals surface area (Å²) in [5, 5.41) is 5.33. The third-order valence-electron chi connectivity index (χ3n) is 3.31. The molecule has 1 aliphatic rings. The standard InChI is InChI=1S/C14H19N3O2/c1-16-14(19)10-4-6-11(7-5-10)17-13(18)8-12(15)9-2-3-9/h4-7,9,12H,2-3,8,15H2,1H3,(H,16,19)(H,17,18). The van der Waals surface area contributed by atoms with Gasteiger partial charge in [0.15, 0.2) is 0 Å². The van der Waals surface area contributed by atoms with Crippen LogP contribution >= 0.6 is 0 Å². The molecular weight excluding hydrogens is 242 g/mol. The first-order chi connectivity index (χ1) is 9.10. The number of benzene rings is 1. The molecule has 1 aromatic carbocycles. The van der Waals surface area contributed by atoms with E-state index in [0.29, 0.717) is 23.6 Å². The predicted molar refractivity (Wildman–Crippen MR) is 73.8 cm³/mol. The fourth-order valence-electron chi connectivity index (χ4n) is 1.97. The molecule has 0 bridgehead atoms. The van der Waals surface area contributed by atoms with E-state index in [-0.39, 0.29) is 17.9 Å². The van der Waals surface area contributed by atoms with Crippen molar-refractivity contribution in [1.82, 2.24) is 5.32 Å². The molecule has 0 radical (unpaired) electrons. The monoisotopic (exact) mass is 261 g/mol. The number of anilines is 1. The molecule has 5 nitrogen and oxygen atoms in total. The highest BCUT2D eigenvalue weighted by Crippen LogP contribution is 2.32. The normalized spacial score (nSPS) is 15.7. The minimum atomic E-state index is -0.145. The summed E-state index contributed by atoms with van der Waals surface area (Å²) in [6.07, 6.45) is 2.62. The third kappa shape index (κ3) is 3.79. The molecule has 1 atom stereocenters. The highest BCUT2D eigenvalue weighted by atomic mass is 16.2. The maximum atomic E-state index is 11.8. The van der Waals surface area contributed by atoms with Crippen molar-refractivity contribution in [3.8, 4) is 0 Å². The Morgan fingerprint density at radius 2 is 1.95 bits per heavy atom. The van der Waals surface area contributed by atoms with Crippen LogP contribution in [0.15, 0.2) is 24.3 Å². The quantitative estimate of drug-likeness (QED) is 0.742. The summed E-state index contributed by atoms with van der Waals surface area (Å²) in [4.78, 5) is 23.1. The number of nitrogens with one attached hydrogen (secondary N) is 2. The van der Waals surface area contributed by atoms with Crippen LogP contribution in [0.1, 0.15) is 29.6 Å². The van der Waals surface area contributed by atoms with Gasteiger partial charge in [-0.2, -0.15) is 0 Å². The van der Waals surface area contributed by atoms with E-state index in [1.165, 1.54) is 0 Å². The molecule has 1 aromatic rings. The van der Waals surface area contributed by atoms with Crippen LogP contribution in [0.25, 0.3) is 0 Å². The van der Waals surface area contributed by atoms with Crippen LogP contribution in [0.5, 0.6) is 0 Å². The number of carbonyl (C=O) groups is 2. The van der Waals surface area contributed by atoms with Gasteiger partial charge in [-0.1, -0.05) is 0 Å².